The van der Waals surface area contributed by atoms with Crippen LogP contribution in [0.1, 0.15) is 32.8 Å². The van der Waals surface area contributed by atoms with Gasteiger partial charge in [-0.2, -0.15) is 0 Å². The number of hydrogen-bond donors (Lipinski definition) is 2. The summed E-state index contributed by atoms with van der Waals surface area (Å²) in [6.07, 6.45) is 0.778. The summed E-state index contributed by atoms with van der Waals surface area (Å²) >= 11 is 3.27. The third-order valence-electron chi connectivity index (χ3n) is 2.69. The number of hydrogen-bond acceptors (Lipinski definition) is 3. The lowest BCUT2D eigenvalue weighted by atomic mass is 9.93. The van der Waals surface area contributed by atoms with Crippen molar-refractivity contribution in [2.45, 2.75) is 38.6 Å². The molecule has 0 spiro atoms. The number of nitrogens with one attached hydrogen (secondary N) is 1. The normalized spacial score (nSPS) is 12.7. The predicted molar refractivity (Wildman–Crippen MR) is 81.3 cm³/mol. The second kappa shape index (κ2) is 6.35. The van der Waals surface area contributed by atoms with Crippen LogP contribution in [0.5, 0.6) is 0 Å². The second-order valence-corrected chi connectivity index (χ2v) is 8.27. The zero-order valence-corrected chi connectivity index (χ0v) is 13.9. The first-order valence-electron chi connectivity index (χ1n) is 6.14. The molecule has 1 aromatic carbocycles. The van der Waals surface area contributed by atoms with E-state index in [1.54, 1.807) is 18.2 Å². The molecular weight excluding hydrogens is 328 g/mol. The molecule has 1 rings (SSSR count). The topological polar surface area (TPSA) is 72.2 Å². The molecule has 0 aliphatic heterocycles. The Morgan fingerprint density at radius 1 is 1.32 bits per heavy atom. The molecule has 3 N–H and O–H groups in total. The van der Waals surface area contributed by atoms with Gasteiger partial charge in [0.25, 0.3) is 0 Å². The summed E-state index contributed by atoms with van der Waals surface area (Å²) < 4.78 is 27.6. The van der Waals surface area contributed by atoms with Crippen molar-refractivity contribution in [3.63, 3.8) is 0 Å². The Hall–Kier alpha value is -0.430. The number of benzene rings is 1. The van der Waals surface area contributed by atoms with Gasteiger partial charge in [0.15, 0.2) is 0 Å². The fourth-order valence-corrected chi connectivity index (χ4v) is 3.56. The molecule has 19 heavy (non-hydrogen) atoms. The maximum Gasteiger partial charge on any atom is 0.241 e. The third kappa shape index (κ3) is 5.22. The van der Waals surface area contributed by atoms with E-state index in [9.17, 15) is 8.42 Å². The zero-order valence-electron chi connectivity index (χ0n) is 11.5. The van der Waals surface area contributed by atoms with E-state index in [-0.39, 0.29) is 10.3 Å². The molecule has 108 valence electrons. The Kier molecular flexibility index (Phi) is 5.55. The van der Waals surface area contributed by atoms with Gasteiger partial charge in [0.1, 0.15) is 0 Å². The maximum absolute atomic E-state index is 12.2. The van der Waals surface area contributed by atoms with E-state index < -0.39 is 10.0 Å². The van der Waals surface area contributed by atoms with E-state index >= 15 is 0 Å². The standard InChI is InChI=1S/C13H21BrN2O2S/c1-13(2,3)6-7-16-19(17,18)12-8-10(9-15)4-5-11(12)14/h4-5,8,16H,6-7,9,15H2,1-3H3. The lowest BCUT2D eigenvalue weighted by molar-refractivity contribution is 0.378. The number of rotatable bonds is 5. The molecule has 0 amide bonds. The van der Waals surface area contributed by atoms with Crippen molar-refractivity contribution in [2.24, 2.45) is 11.1 Å². The van der Waals surface area contributed by atoms with Crippen LogP contribution in [0.4, 0.5) is 0 Å². The summed E-state index contributed by atoms with van der Waals surface area (Å²) in [5.74, 6) is 0. The van der Waals surface area contributed by atoms with Crippen molar-refractivity contribution >= 4 is 26.0 Å². The number of nitrogens with two attached hydrogens (primary N) is 1. The third-order valence-corrected chi connectivity index (χ3v) is 5.14. The van der Waals surface area contributed by atoms with Crippen molar-refractivity contribution in [1.29, 1.82) is 0 Å². The molecule has 0 aromatic heterocycles. The van der Waals surface area contributed by atoms with E-state index in [1.165, 1.54) is 0 Å². The van der Waals surface area contributed by atoms with Gasteiger partial charge < -0.3 is 5.73 Å². The van der Waals surface area contributed by atoms with Crippen LogP contribution in [-0.2, 0) is 16.6 Å². The van der Waals surface area contributed by atoms with E-state index in [0.29, 0.717) is 17.6 Å². The summed E-state index contributed by atoms with van der Waals surface area (Å²) in [5.41, 5.74) is 6.43. The van der Waals surface area contributed by atoms with Crippen molar-refractivity contribution in [3.05, 3.63) is 28.2 Å². The Morgan fingerprint density at radius 2 is 1.95 bits per heavy atom. The van der Waals surface area contributed by atoms with Crippen molar-refractivity contribution < 1.29 is 8.42 Å². The molecule has 0 unspecified atom stereocenters. The van der Waals surface area contributed by atoms with Gasteiger partial charge in [-0.3, -0.25) is 0 Å². The van der Waals surface area contributed by atoms with Gasteiger partial charge in [-0.15, -0.1) is 0 Å². The fraction of sp³-hybridized carbons (Fsp3) is 0.538. The molecule has 6 heteroatoms. The largest absolute Gasteiger partial charge is 0.326 e. The average Bonchev–Trinajstić information content (AvgIpc) is 2.27. The van der Waals surface area contributed by atoms with Crippen molar-refractivity contribution in [2.75, 3.05) is 6.54 Å². The Bertz CT molecular complexity index is 536. The summed E-state index contributed by atoms with van der Waals surface area (Å²) in [7, 11) is -3.50. The highest BCUT2D eigenvalue weighted by atomic mass is 79.9. The lowest BCUT2D eigenvalue weighted by Crippen LogP contribution is -2.27. The molecule has 0 heterocycles. The minimum atomic E-state index is -3.50. The Morgan fingerprint density at radius 3 is 2.47 bits per heavy atom. The molecule has 4 nitrogen and oxygen atoms in total. The smallest absolute Gasteiger partial charge is 0.241 e. The fourth-order valence-electron chi connectivity index (χ4n) is 1.52. The maximum atomic E-state index is 12.2. The first-order valence-corrected chi connectivity index (χ1v) is 8.41. The Labute approximate surface area is 124 Å². The highest BCUT2D eigenvalue weighted by Crippen LogP contribution is 2.23. The van der Waals surface area contributed by atoms with E-state index in [0.717, 1.165) is 12.0 Å². The first kappa shape index (κ1) is 16.6. The SMILES string of the molecule is CC(C)(C)CCNS(=O)(=O)c1cc(CN)ccc1Br. The predicted octanol–water partition coefficient (Wildman–Crippen LogP) is 2.62. The van der Waals surface area contributed by atoms with E-state index in [2.05, 4.69) is 41.4 Å². The molecule has 0 bridgehead atoms. The minimum Gasteiger partial charge on any atom is -0.326 e. The summed E-state index contributed by atoms with van der Waals surface area (Å²) in [4.78, 5) is 0.240. The molecular formula is C13H21BrN2O2S. The van der Waals surface area contributed by atoms with Crippen LogP contribution in [0.25, 0.3) is 0 Å². The van der Waals surface area contributed by atoms with E-state index in [1.807, 2.05) is 0 Å². The molecule has 1 aromatic rings. The highest BCUT2D eigenvalue weighted by molar-refractivity contribution is 9.10. The highest BCUT2D eigenvalue weighted by Gasteiger charge is 2.19. The number of halogens is 1. The van der Waals surface area contributed by atoms with Crippen LogP contribution < -0.4 is 10.5 Å². The van der Waals surface area contributed by atoms with Gasteiger partial charge in [0.05, 0.1) is 4.90 Å². The quantitative estimate of drug-likeness (QED) is 0.858. The van der Waals surface area contributed by atoms with Crippen molar-refractivity contribution in [1.82, 2.24) is 4.72 Å². The van der Waals surface area contributed by atoms with Gasteiger partial charge in [-0.1, -0.05) is 26.8 Å². The molecule has 0 aliphatic rings. The van der Waals surface area contributed by atoms with Gasteiger partial charge in [0.2, 0.25) is 10.0 Å². The minimum absolute atomic E-state index is 0.0961. The summed E-state index contributed by atoms with van der Waals surface area (Å²) in [6, 6.07) is 5.11. The summed E-state index contributed by atoms with van der Waals surface area (Å²) in [5, 5.41) is 0. The average molecular weight is 349 g/mol. The Balaban J connectivity index is 2.88. The monoisotopic (exact) mass is 348 g/mol. The molecule has 0 saturated carbocycles. The zero-order chi connectivity index (χ0) is 14.7. The van der Waals surface area contributed by atoms with E-state index in [4.69, 9.17) is 5.73 Å². The van der Waals surface area contributed by atoms with Crippen LogP contribution in [0, 0.1) is 5.41 Å². The molecule has 0 saturated heterocycles. The van der Waals surface area contributed by atoms with Crippen LogP contribution in [0.3, 0.4) is 0 Å². The van der Waals surface area contributed by atoms with Gasteiger partial charge in [-0.05, 0) is 45.5 Å². The van der Waals surface area contributed by atoms with Crippen LogP contribution in [0.2, 0.25) is 0 Å². The van der Waals surface area contributed by atoms with Crippen molar-refractivity contribution in [3.8, 4) is 0 Å². The molecule has 0 fully saturated rings. The van der Waals surface area contributed by atoms with Gasteiger partial charge in [-0.25, -0.2) is 13.1 Å². The second-order valence-electron chi connectivity index (χ2n) is 5.68. The summed E-state index contributed by atoms with van der Waals surface area (Å²) in [6.45, 7) is 6.97. The van der Waals surface area contributed by atoms with Crippen LogP contribution in [0.15, 0.2) is 27.6 Å². The first-order chi connectivity index (χ1) is 8.65. The van der Waals surface area contributed by atoms with Gasteiger partial charge in [0, 0.05) is 17.6 Å². The molecule has 0 radical (unpaired) electrons. The lowest BCUT2D eigenvalue weighted by Gasteiger charge is -2.18. The molecule has 0 aliphatic carbocycles. The molecule has 0 atom stereocenters. The van der Waals surface area contributed by atoms with Crippen LogP contribution in [-0.4, -0.2) is 15.0 Å². The van der Waals surface area contributed by atoms with Crippen LogP contribution >= 0.6 is 15.9 Å². The van der Waals surface area contributed by atoms with Gasteiger partial charge >= 0.3 is 0 Å². The number of sulfonamides is 1.